The van der Waals surface area contributed by atoms with E-state index < -0.39 is 0 Å². The molecule has 1 saturated carbocycles. The summed E-state index contributed by atoms with van der Waals surface area (Å²) >= 11 is 0. The maximum atomic E-state index is 4.34. The number of hydrogen-bond acceptors (Lipinski definition) is 3. The van der Waals surface area contributed by atoms with E-state index in [-0.39, 0.29) is 0 Å². The van der Waals surface area contributed by atoms with Crippen molar-refractivity contribution in [3.63, 3.8) is 0 Å². The van der Waals surface area contributed by atoms with Crippen molar-refractivity contribution in [2.75, 3.05) is 18.5 Å². The Bertz CT molecular complexity index is 358. The lowest BCUT2D eigenvalue weighted by atomic mass is 10.2. The molecule has 0 aromatic carbocycles. The average molecular weight is 217 g/mol. The maximum absolute atomic E-state index is 4.34. The Morgan fingerprint density at radius 1 is 1.62 bits per heavy atom. The summed E-state index contributed by atoms with van der Waals surface area (Å²) < 4.78 is 0. The molecule has 86 valence electrons. The second kappa shape index (κ2) is 5.12. The fourth-order valence-electron chi connectivity index (χ4n) is 1.91. The van der Waals surface area contributed by atoms with Crippen LogP contribution in [0.1, 0.15) is 18.5 Å². The smallest absolute Gasteiger partial charge is 0.0562 e. The van der Waals surface area contributed by atoms with Crippen molar-refractivity contribution in [3.8, 4) is 0 Å². The number of nitrogens with zero attached hydrogens (tertiary/aromatic N) is 2. The van der Waals surface area contributed by atoms with E-state index >= 15 is 0 Å². The third-order valence-electron chi connectivity index (χ3n) is 2.80. The lowest BCUT2D eigenvalue weighted by Gasteiger charge is -2.23. The van der Waals surface area contributed by atoms with Crippen molar-refractivity contribution >= 4 is 5.69 Å². The van der Waals surface area contributed by atoms with Crippen LogP contribution in [0.5, 0.6) is 0 Å². The molecule has 0 bridgehead atoms. The van der Waals surface area contributed by atoms with E-state index in [1.807, 2.05) is 19.3 Å². The van der Waals surface area contributed by atoms with E-state index in [9.17, 15) is 0 Å². The Balaban J connectivity index is 2.15. The van der Waals surface area contributed by atoms with E-state index in [0.717, 1.165) is 18.8 Å². The Morgan fingerprint density at radius 3 is 3.06 bits per heavy atom. The average Bonchev–Trinajstić information content (AvgIpc) is 3.11. The predicted octanol–water partition coefficient (Wildman–Crippen LogP) is 1.96. The van der Waals surface area contributed by atoms with E-state index in [1.165, 1.54) is 18.5 Å². The number of rotatable bonds is 6. The Labute approximate surface area is 97.2 Å². The first-order valence-corrected chi connectivity index (χ1v) is 5.82. The third kappa shape index (κ3) is 2.61. The molecule has 1 aromatic rings. The maximum Gasteiger partial charge on any atom is 0.0562 e. The van der Waals surface area contributed by atoms with Gasteiger partial charge in [-0.2, -0.15) is 0 Å². The van der Waals surface area contributed by atoms with Gasteiger partial charge in [0.1, 0.15) is 0 Å². The third-order valence-corrected chi connectivity index (χ3v) is 2.80. The predicted molar refractivity (Wildman–Crippen MR) is 67.6 cm³/mol. The molecule has 1 heterocycles. The molecule has 1 aromatic heterocycles. The van der Waals surface area contributed by atoms with Crippen molar-refractivity contribution in [1.29, 1.82) is 0 Å². The second-order valence-electron chi connectivity index (χ2n) is 4.21. The van der Waals surface area contributed by atoms with Gasteiger partial charge < -0.3 is 10.2 Å². The van der Waals surface area contributed by atoms with Gasteiger partial charge in [0.15, 0.2) is 0 Å². The molecule has 2 rings (SSSR count). The van der Waals surface area contributed by atoms with Crippen LogP contribution in [-0.2, 0) is 6.54 Å². The molecule has 0 saturated heterocycles. The van der Waals surface area contributed by atoms with Gasteiger partial charge in [0, 0.05) is 31.0 Å². The highest BCUT2D eigenvalue weighted by atomic mass is 15.2. The Hall–Kier alpha value is -1.35. The number of pyridine rings is 1. The summed E-state index contributed by atoms with van der Waals surface area (Å²) in [5.74, 6) is 0. The molecule has 0 atom stereocenters. The van der Waals surface area contributed by atoms with E-state index in [4.69, 9.17) is 0 Å². The van der Waals surface area contributed by atoms with Gasteiger partial charge in [0.25, 0.3) is 0 Å². The molecule has 0 unspecified atom stereocenters. The van der Waals surface area contributed by atoms with Crippen molar-refractivity contribution in [3.05, 3.63) is 36.7 Å². The number of hydrogen-bond donors (Lipinski definition) is 1. The van der Waals surface area contributed by atoms with Gasteiger partial charge >= 0.3 is 0 Å². The van der Waals surface area contributed by atoms with Crippen LogP contribution in [-0.4, -0.2) is 24.6 Å². The van der Waals surface area contributed by atoms with Gasteiger partial charge in [0.05, 0.1) is 5.69 Å². The van der Waals surface area contributed by atoms with Gasteiger partial charge in [-0.3, -0.25) is 4.98 Å². The first kappa shape index (κ1) is 11.1. The van der Waals surface area contributed by atoms with Crippen molar-refractivity contribution < 1.29 is 0 Å². The summed E-state index contributed by atoms with van der Waals surface area (Å²) in [6.07, 6.45) is 6.46. The van der Waals surface area contributed by atoms with Crippen molar-refractivity contribution in [2.24, 2.45) is 0 Å². The van der Waals surface area contributed by atoms with E-state index in [0.29, 0.717) is 6.04 Å². The standard InChI is InChI=1S/C13H19N3/c1-3-8-16(12-4-5-12)13-6-7-15-11(9-13)10-14-2/h3,6-7,9,12,14H,1,4-5,8,10H2,2H3. The molecule has 1 fully saturated rings. The molecule has 0 radical (unpaired) electrons. The highest BCUT2D eigenvalue weighted by Gasteiger charge is 2.28. The SMILES string of the molecule is C=CCN(c1ccnc(CNC)c1)C1CC1. The zero-order valence-corrected chi connectivity index (χ0v) is 9.82. The van der Waals surface area contributed by atoms with Crippen LogP contribution in [0.4, 0.5) is 5.69 Å². The van der Waals surface area contributed by atoms with E-state index in [1.54, 1.807) is 0 Å². The van der Waals surface area contributed by atoms with Gasteiger partial charge in [0.2, 0.25) is 0 Å². The Morgan fingerprint density at radius 2 is 2.44 bits per heavy atom. The minimum Gasteiger partial charge on any atom is -0.365 e. The summed E-state index contributed by atoms with van der Waals surface area (Å²) in [4.78, 5) is 6.75. The molecule has 0 aliphatic heterocycles. The van der Waals surface area contributed by atoms with Crippen LogP contribution < -0.4 is 10.2 Å². The molecule has 1 aliphatic carbocycles. The van der Waals surface area contributed by atoms with Crippen LogP contribution in [0.2, 0.25) is 0 Å². The van der Waals surface area contributed by atoms with Crippen LogP contribution in [0.3, 0.4) is 0 Å². The fourth-order valence-corrected chi connectivity index (χ4v) is 1.91. The van der Waals surface area contributed by atoms with Gasteiger partial charge in [-0.1, -0.05) is 6.08 Å². The molecule has 3 nitrogen and oxygen atoms in total. The summed E-state index contributed by atoms with van der Waals surface area (Å²) in [5.41, 5.74) is 2.36. The highest BCUT2D eigenvalue weighted by Crippen LogP contribution is 2.31. The minimum absolute atomic E-state index is 0.711. The zero-order valence-electron chi connectivity index (χ0n) is 9.82. The van der Waals surface area contributed by atoms with Crippen LogP contribution >= 0.6 is 0 Å². The molecule has 0 spiro atoms. The molecular formula is C13H19N3. The molecular weight excluding hydrogens is 198 g/mol. The summed E-state index contributed by atoms with van der Waals surface area (Å²) in [5, 5.41) is 3.13. The zero-order chi connectivity index (χ0) is 11.4. The molecule has 1 N–H and O–H groups in total. The van der Waals surface area contributed by atoms with Crippen LogP contribution in [0.25, 0.3) is 0 Å². The number of aromatic nitrogens is 1. The molecule has 0 amide bonds. The second-order valence-corrected chi connectivity index (χ2v) is 4.21. The molecule has 3 heteroatoms. The van der Waals surface area contributed by atoms with Crippen molar-refractivity contribution in [1.82, 2.24) is 10.3 Å². The number of nitrogens with one attached hydrogen (secondary N) is 1. The van der Waals surface area contributed by atoms with Gasteiger partial charge in [-0.05, 0) is 32.0 Å². The number of anilines is 1. The molecule has 16 heavy (non-hydrogen) atoms. The summed E-state index contributed by atoms with van der Waals surface area (Å²) in [7, 11) is 1.94. The topological polar surface area (TPSA) is 28.2 Å². The molecule has 1 aliphatic rings. The van der Waals surface area contributed by atoms with E-state index in [2.05, 4.69) is 33.9 Å². The monoisotopic (exact) mass is 217 g/mol. The normalized spacial score (nSPS) is 14.8. The first-order valence-electron chi connectivity index (χ1n) is 5.82. The Kier molecular flexibility index (Phi) is 3.57. The largest absolute Gasteiger partial charge is 0.365 e. The minimum atomic E-state index is 0.711. The van der Waals surface area contributed by atoms with Gasteiger partial charge in [-0.25, -0.2) is 0 Å². The quantitative estimate of drug-likeness (QED) is 0.738. The lowest BCUT2D eigenvalue weighted by molar-refractivity contribution is 0.786. The first-order chi connectivity index (χ1) is 7.85. The summed E-state index contributed by atoms with van der Waals surface area (Å²) in [6.45, 7) is 5.57. The van der Waals surface area contributed by atoms with Crippen LogP contribution in [0, 0.1) is 0 Å². The van der Waals surface area contributed by atoms with Crippen LogP contribution in [0.15, 0.2) is 31.0 Å². The highest BCUT2D eigenvalue weighted by molar-refractivity contribution is 5.49. The van der Waals surface area contributed by atoms with Crippen molar-refractivity contribution in [2.45, 2.75) is 25.4 Å². The lowest BCUT2D eigenvalue weighted by Crippen LogP contribution is -2.25. The fraction of sp³-hybridized carbons (Fsp3) is 0.462. The van der Waals surface area contributed by atoms with Gasteiger partial charge in [-0.15, -0.1) is 6.58 Å². The summed E-state index contributed by atoms with van der Waals surface area (Å²) in [6, 6.07) is 4.96.